The number of nitrogens with one attached hydrogen (secondary N) is 2. The second-order valence-corrected chi connectivity index (χ2v) is 5.75. The Labute approximate surface area is 133 Å². The standard InChI is InChI=1S/C14H17Cl2N3O2/c1-17-14(21)19-6-4-9(5-7-19)13(20)18-10-2-3-11(15)12(16)8-10/h2-3,8-9H,4-7H2,1H3,(H,17,21)(H,18,20). The van der Waals surface area contributed by atoms with Crippen LogP contribution in [0.2, 0.25) is 10.0 Å². The summed E-state index contributed by atoms with van der Waals surface area (Å²) >= 11 is 11.8. The van der Waals surface area contributed by atoms with Crippen LogP contribution in [-0.2, 0) is 4.79 Å². The first kappa shape index (κ1) is 15.9. The van der Waals surface area contributed by atoms with E-state index in [1.54, 1.807) is 30.1 Å². The Balaban J connectivity index is 1.90. The predicted octanol–water partition coefficient (Wildman–Crippen LogP) is 2.98. The molecule has 114 valence electrons. The number of carbonyl (C=O) groups is 2. The van der Waals surface area contributed by atoms with Gasteiger partial charge in [-0.05, 0) is 31.0 Å². The van der Waals surface area contributed by atoms with Gasteiger partial charge >= 0.3 is 6.03 Å². The molecule has 1 aromatic carbocycles. The van der Waals surface area contributed by atoms with E-state index >= 15 is 0 Å². The number of hydrogen-bond donors (Lipinski definition) is 2. The van der Waals surface area contributed by atoms with Crippen molar-refractivity contribution in [1.82, 2.24) is 10.2 Å². The number of rotatable bonds is 2. The van der Waals surface area contributed by atoms with Crippen LogP contribution in [0.1, 0.15) is 12.8 Å². The van der Waals surface area contributed by atoms with Crippen molar-refractivity contribution in [2.45, 2.75) is 12.8 Å². The predicted molar refractivity (Wildman–Crippen MR) is 83.8 cm³/mol. The Morgan fingerprint density at radius 3 is 2.43 bits per heavy atom. The van der Waals surface area contributed by atoms with E-state index in [0.29, 0.717) is 41.7 Å². The third-order valence-electron chi connectivity index (χ3n) is 3.55. The van der Waals surface area contributed by atoms with E-state index in [-0.39, 0.29) is 17.9 Å². The molecule has 1 fully saturated rings. The number of carbonyl (C=O) groups excluding carboxylic acids is 2. The van der Waals surface area contributed by atoms with Crippen molar-refractivity contribution in [3.05, 3.63) is 28.2 Å². The van der Waals surface area contributed by atoms with Crippen molar-refractivity contribution in [3.63, 3.8) is 0 Å². The fourth-order valence-corrected chi connectivity index (χ4v) is 2.62. The molecule has 0 aliphatic carbocycles. The molecule has 0 spiro atoms. The molecule has 2 rings (SSSR count). The van der Waals surface area contributed by atoms with Gasteiger partial charge in [-0.25, -0.2) is 4.79 Å². The number of amides is 3. The number of urea groups is 1. The lowest BCUT2D eigenvalue weighted by Gasteiger charge is -2.30. The number of piperidine rings is 1. The molecular formula is C14H17Cl2N3O2. The molecule has 1 saturated heterocycles. The van der Waals surface area contributed by atoms with Crippen molar-refractivity contribution >= 4 is 40.8 Å². The third kappa shape index (κ3) is 4.02. The van der Waals surface area contributed by atoms with Gasteiger partial charge < -0.3 is 15.5 Å². The van der Waals surface area contributed by atoms with E-state index in [2.05, 4.69) is 10.6 Å². The summed E-state index contributed by atoms with van der Waals surface area (Å²) in [6.45, 7) is 1.16. The van der Waals surface area contributed by atoms with Gasteiger partial charge in [0.1, 0.15) is 0 Å². The van der Waals surface area contributed by atoms with Crippen LogP contribution >= 0.6 is 23.2 Å². The molecular weight excluding hydrogens is 313 g/mol. The first-order valence-electron chi connectivity index (χ1n) is 6.74. The topological polar surface area (TPSA) is 61.4 Å². The number of hydrogen-bond acceptors (Lipinski definition) is 2. The van der Waals surface area contributed by atoms with Crippen LogP contribution in [-0.4, -0.2) is 37.0 Å². The molecule has 21 heavy (non-hydrogen) atoms. The number of halogens is 2. The molecule has 0 saturated carbocycles. The van der Waals surface area contributed by atoms with Gasteiger partial charge in [0.25, 0.3) is 0 Å². The summed E-state index contributed by atoms with van der Waals surface area (Å²) < 4.78 is 0. The van der Waals surface area contributed by atoms with Crippen molar-refractivity contribution in [3.8, 4) is 0 Å². The molecule has 1 aliphatic rings. The van der Waals surface area contributed by atoms with Gasteiger partial charge in [0.15, 0.2) is 0 Å². The maximum absolute atomic E-state index is 12.2. The highest BCUT2D eigenvalue weighted by Crippen LogP contribution is 2.26. The molecule has 1 aliphatic heterocycles. The van der Waals surface area contributed by atoms with Crippen LogP contribution in [0.4, 0.5) is 10.5 Å². The summed E-state index contributed by atoms with van der Waals surface area (Å²) in [6, 6.07) is 4.89. The van der Waals surface area contributed by atoms with Gasteiger partial charge in [-0.3, -0.25) is 4.79 Å². The maximum atomic E-state index is 12.2. The monoisotopic (exact) mass is 329 g/mol. The minimum Gasteiger partial charge on any atom is -0.341 e. The summed E-state index contributed by atoms with van der Waals surface area (Å²) in [4.78, 5) is 25.4. The minimum absolute atomic E-state index is 0.0510. The summed E-state index contributed by atoms with van der Waals surface area (Å²) in [5, 5.41) is 6.28. The minimum atomic E-state index is -0.0988. The first-order valence-corrected chi connectivity index (χ1v) is 7.49. The molecule has 3 amide bonds. The van der Waals surface area contributed by atoms with Gasteiger partial charge in [-0.15, -0.1) is 0 Å². The van der Waals surface area contributed by atoms with Crippen molar-refractivity contribution < 1.29 is 9.59 Å². The second kappa shape index (κ2) is 7.00. The molecule has 5 nitrogen and oxygen atoms in total. The van der Waals surface area contributed by atoms with Gasteiger partial charge in [0.2, 0.25) is 5.91 Å². The lowest BCUT2D eigenvalue weighted by atomic mass is 9.96. The number of likely N-dealkylation sites (tertiary alicyclic amines) is 1. The normalized spacial score (nSPS) is 15.7. The quantitative estimate of drug-likeness (QED) is 0.876. The molecule has 1 heterocycles. The van der Waals surface area contributed by atoms with Crippen LogP contribution in [0.25, 0.3) is 0 Å². The summed E-state index contributed by atoms with van der Waals surface area (Å²) in [5.41, 5.74) is 0.628. The van der Waals surface area contributed by atoms with E-state index < -0.39 is 0 Å². The highest BCUT2D eigenvalue weighted by Gasteiger charge is 2.26. The molecule has 0 unspecified atom stereocenters. The van der Waals surface area contributed by atoms with Gasteiger partial charge in [-0.2, -0.15) is 0 Å². The van der Waals surface area contributed by atoms with Crippen LogP contribution in [0.5, 0.6) is 0 Å². The Kier molecular flexibility index (Phi) is 5.31. The zero-order chi connectivity index (χ0) is 15.4. The lowest BCUT2D eigenvalue weighted by molar-refractivity contribution is -0.121. The molecule has 0 radical (unpaired) electrons. The summed E-state index contributed by atoms with van der Waals surface area (Å²) in [6.07, 6.45) is 1.31. The Bertz CT molecular complexity index is 543. The van der Waals surface area contributed by atoms with Gasteiger partial charge in [0, 0.05) is 31.7 Å². The summed E-state index contributed by atoms with van der Waals surface area (Å²) in [5.74, 6) is -0.148. The number of nitrogens with zero attached hydrogens (tertiary/aromatic N) is 1. The maximum Gasteiger partial charge on any atom is 0.317 e. The Morgan fingerprint density at radius 2 is 1.86 bits per heavy atom. The summed E-state index contributed by atoms with van der Waals surface area (Å²) in [7, 11) is 1.60. The van der Waals surface area contributed by atoms with E-state index in [1.165, 1.54) is 0 Å². The van der Waals surface area contributed by atoms with Crippen molar-refractivity contribution in [1.29, 1.82) is 0 Å². The highest BCUT2D eigenvalue weighted by molar-refractivity contribution is 6.42. The zero-order valence-corrected chi connectivity index (χ0v) is 13.2. The van der Waals surface area contributed by atoms with Crippen LogP contribution < -0.4 is 10.6 Å². The van der Waals surface area contributed by atoms with Crippen LogP contribution in [0.3, 0.4) is 0 Å². The Hall–Kier alpha value is -1.46. The lowest BCUT2D eigenvalue weighted by Crippen LogP contribution is -2.45. The molecule has 0 bridgehead atoms. The largest absolute Gasteiger partial charge is 0.341 e. The van der Waals surface area contributed by atoms with E-state index in [1.807, 2.05) is 0 Å². The fraction of sp³-hybridized carbons (Fsp3) is 0.429. The Morgan fingerprint density at radius 1 is 1.19 bits per heavy atom. The molecule has 0 atom stereocenters. The average Bonchev–Trinajstić information content (AvgIpc) is 2.50. The second-order valence-electron chi connectivity index (χ2n) is 4.93. The van der Waals surface area contributed by atoms with Crippen molar-refractivity contribution in [2.24, 2.45) is 5.92 Å². The van der Waals surface area contributed by atoms with E-state index in [9.17, 15) is 9.59 Å². The van der Waals surface area contributed by atoms with Crippen molar-refractivity contribution in [2.75, 3.05) is 25.5 Å². The number of anilines is 1. The smallest absolute Gasteiger partial charge is 0.317 e. The molecule has 1 aromatic rings. The van der Waals surface area contributed by atoms with Crippen LogP contribution in [0.15, 0.2) is 18.2 Å². The molecule has 0 aromatic heterocycles. The third-order valence-corrected chi connectivity index (χ3v) is 4.29. The molecule has 7 heteroatoms. The number of benzene rings is 1. The molecule has 2 N–H and O–H groups in total. The van der Waals surface area contributed by atoms with Gasteiger partial charge in [0.05, 0.1) is 10.0 Å². The van der Waals surface area contributed by atoms with E-state index in [0.717, 1.165) is 0 Å². The van der Waals surface area contributed by atoms with Gasteiger partial charge in [-0.1, -0.05) is 23.2 Å². The van der Waals surface area contributed by atoms with Crippen LogP contribution in [0, 0.1) is 5.92 Å². The fourth-order valence-electron chi connectivity index (χ4n) is 2.32. The highest BCUT2D eigenvalue weighted by atomic mass is 35.5. The SMILES string of the molecule is CNC(=O)N1CCC(C(=O)Nc2ccc(Cl)c(Cl)c2)CC1. The van der Waals surface area contributed by atoms with E-state index in [4.69, 9.17) is 23.2 Å². The average molecular weight is 330 g/mol. The first-order chi connectivity index (χ1) is 10.0. The zero-order valence-electron chi connectivity index (χ0n) is 11.7.